The highest BCUT2D eigenvalue weighted by Gasteiger charge is 2.08. The lowest BCUT2D eigenvalue weighted by Crippen LogP contribution is -1.88. The van der Waals surface area contributed by atoms with Gasteiger partial charge in [0.05, 0.1) is 11.6 Å². The van der Waals surface area contributed by atoms with Crippen LogP contribution in [0.5, 0.6) is 0 Å². The summed E-state index contributed by atoms with van der Waals surface area (Å²) >= 11 is 7.42. The molecule has 0 fully saturated rings. The molecule has 0 aliphatic rings. The highest BCUT2D eigenvalue weighted by molar-refractivity contribution is 7.99. The minimum atomic E-state index is -0.285. The summed E-state index contributed by atoms with van der Waals surface area (Å²) in [5.41, 5.74) is 0.742. The maximum absolute atomic E-state index is 13.1. The average Bonchev–Trinajstić information content (AvgIpc) is 2.32. The fourth-order valence-electron chi connectivity index (χ4n) is 1.44. The molecular formula is C13H10ClFOS. The summed E-state index contributed by atoms with van der Waals surface area (Å²) in [5, 5.41) is 9.79. The first-order valence-corrected chi connectivity index (χ1v) is 6.22. The molecule has 0 aromatic heterocycles. The van der Waals surface area contributed by atoms with Crippen molar-refractivity contribution in [1.82, 2.24) is 0 Å². The monoisotopic (exact) mass is 268 g/mol. The van der Waals surface area contributed by atoms with Gasteiger partial charge in [-0.3, -0.25) is 0 Å². The van der Waals surface area contributed by atoms with Gasteiger partial charge in [0.2, 0.25) is 0 Å². The molecule has 1 N–H and O–H groups in total. The Bertz CT molecular complexity index is 531. The van der Waals surface area contributed by atoms with Crippen molar-refractivity contribution in [2.75, 3.05) is 0 Å². The number of benzene rings is 2. The van der Waals surface area contributed by atoms with Crippen molar-refractivity contribution < 1.29 is 9.50 Å². The molecule has 4 heteroatoms. The van der Waals surface area contributed by atoms with Gasteiger partial charge in [-0.1, -0.05) is 41.6 Å². The van der Waals surface area contributed by atoms with Gasteiger partial charge in [0, 0.05) is 9.79 Å². The zero-order chi connectivity index (χ0) is 12.3. The van der Waals surface area contributed by atoms with Crippen LogP contribution in [0.25, 0.3) is 0 Å². The van der Waals surface area contributed by atoms with Crippen LogP contribution in [0.2, 0.25) is 5.02 Å². The summed E-state index contributed by atoms with van der Waals surface area (Å²) in [6.07, 6.45) is 0. The van der Waals surface area contributed by atoms with Gasteiger partial charge in [0.25, 0.3) is 0 Å². The fraction of sp³-hybridized carbons (Fsp3) is 0.0769. The van der Waals surface area contributed by atoms with Crippen LogP contribution in [0.3, 0.4) is 0 Å². The summed E-state index contributed by atoms with van der Waals surface area (Å²) in [4.78, 5) is 1.52. The molecule has 2 aromatic rings. The topological polar surface area (TPSA) is 20.2 Å². The summed E-state index contributed by atoms with van der Waals surface area (Å²) in [7, 11) is 0. The molecule has 0 amide bonds. The zero-order valence-corrected chi connectivity index (χ0v) is 10.4. The van der Waals surface area contributed by atoms with Crippen molar-refractivity contribution in [2.45, 2.75) is 16.4 Å². The number of hydrogen-bond donors (Lipinski definition) is 1. The third-order valence-electron chi connectivity index (χ3n) is 2.23. The summed E-state index contributed by atoms with van der Waals surface area (Å²) in [6, 6.07) is 11.6. The van der Waals surface area contributed by atoms with Crippen LogP contribution in [0.1, 0.15) is 5.56 Å². The Kier molecular flexibility index (Phi) is 4.05. The number of aliphatic hydroxyl groups excluding tert-OH is 1. The molecule has 0 radical (unpaired) electrons. The van der Waals surface area contributed by atoms with Gasteiger partial charge in [0.15, 0.2) is 0 Å². The van der Waals surface area contributed by atoms with Gasteiger partial charge in [0.1, 0.15) is 5.82 Å². The average molecular weight is 269 g/mol. The lowest BCUT2D eigenvalue weighted by Gasteiger charge is -2.09. The van der Waals surface area contributed by atoms with E-state index in [0.717, 1.165) is 15.4 Å². The van der Waals surface area contributed by atoms with Crippen molar-refractivity contribution >= 4 is 23.4 Å². The zero-order valence-electron chi connectivity index (χ0n) is 8.86. The van der Waals surface area contributed by atoms with Gasteiger partial charge in [-0.2, -0.15) is 0 Å². The van der Waals surface area contributed by atoms with Gasteiger partial charge in [-0.25, -0.2) is 4.39 Å². The second-order valence-electron chi connectivity index (χ2n) is 3.45. The molecule has 0 atom stereocenters. The number of aliphatic hydroxyl groups is 1. The summed E-state index contributed by atoms with van der Waals surface area (Å²) in [5.74, 6) is -0.285. The van der Waals surface area contributed by atoms with Crippen molar-refractivity contribution in [2.24, 2.45) is 0 Å². The van der Waals surface area contributed by atoms with Crippen LogP contribution in [-0.4, -0.2) is 5.11 Å². The molecule has 88 valence electrons. The maximum atomic E-state index is 13.1. The molecule has 0 aliphatic carbocycles. The SMILES string of the molecule is OCc1cccc(Cl)c1Sc1cccc(F)c1. The van der Waals surface area contributed by atoms with E-state index in [1.165, 1.54) is 23.9 Å². The van der Waals surface area contributed by atoms with E-state index in [-0.39, 0.29) is 12.4 Å². The Morgan fingerprint density at radius 2 is 1.94 bits per heavy atom. The molecule has 0 heterocycles. The Morgan fingerprint density at radius 1 is 1.18 bits per heavy atom. The van der Waals surface area contributed by atoms with Crippen LogP contribution in [0.4, 0.5) is 4.39 Å². The highest BCUT2D eigenvalue weighted by Crippen LogP contribution is 2.36. The molecular weight excluding hydrogens is 259 g/mol. The van der Waals surface area contributed by atoms with Crippen LogP contribution in [0.15, 0.2) is 52.3 Å². The number of halogens is 2. The van der Waals surface area contributed by atoms with E-state index in [4.69, 9.17) is 11.6 Å². The van der Waals surface area contributed by atoms with Gasteiger partial charge < -0.3 is 5.11 Å². The predicted molar refractivity (Wildman–Crippen MR) is 67.9 cm³/mol. The Morgan fingerprint density at radius 3 is 2.65 bits per heavy atom. The largest absolute Gasteiger partial charge is 0.392 e. The first kappa shape index (κ1) is 12.4. The molecule has 0 saturated heterocycles. The first-order chi connectivity index (χ1) is 8.20. The van der Waals surface area contributed by atoms with Gasteiger partial charge in [-0.15, -0.1) is 0 Å². The van der Waals surface area contributed by atoms with E-state index in [2.05, 4.69) is 0 Å². The third kappa shape index (κ3) is 3.00. The second-order valence-corrected chi connectivity index (χ2v) is 4.94. The lowest BCUT2D eigenvalue weighted by atomic mass is 10.2. The quantitative estimate of drug-likeness (QED) is 0.903. The molecule has 17 heavy (non-hydrogen) atoms. The number of rotatable bonds is 3. The normalized spacial score (nSPS) is 10.5. The Hall–Kier alpha value is -1.03. The molecule has 0 unspecified atom stereocenters. The molecule has 2 rings (SSSR count). The summed E-state index contributed by atoms with van der Waals surface area (Å²) in [6.45, 7) is -0.0851. The van der Waals surface area contributed by atoms with E-state index in [9.17, 15) is 9.50 Å². The maximum Gasteiger partial charge on any atom is 0.124 e. The van der Waals surface area contributed by atoms with Gasteiger partial charge in [-0.05, 0) is 29.8 Å². The van der Waals surface area contributed by atoms with Crippen LogP contribution in [-0.2, 0) is 6.61 Å². The second kappa shape index (κ2) is 5.54. The lowest BCUT2D eigenvalue weighted by molar-refractivity contribution is 0.279. The van der Waals surface area contributed by atoms with Crippen molar-refractivity contribution in [1.29, 1.82) is 0 Å². The van der Waals surface area contributed by atoms with Crippen molar-refractivity contribution in [3.8, 4) is 0 Å². The molecule has 0 saturated carbocycles. The Labute approximate surface area is 108 Å². The molecule has 0 aliphatic heterocycles. The van der Waals surface area contributed by atoms with E-state index in [1.54, 1.807) is 30.3 Å². The van der Waals surface area contributed by atoms with E-state index < -0.39 is 0 Å². The Balaban J connectivity index is 2.35. The number of hydrogen-bond acceptors (Lipinski definition) is 2. The van der Waals surface area contributed by atoms with Crippen molar-refractivity contribution in [3.63, 3.8) is 0 Å². The first-order valence-electron chi connectivity index (χ1n) is 5.02. The minimum Gasteiger partial charge on any atom is -0.392 e. The van der Waals surface area contributed by atoms with E-state index >= 15 is 0 Å². The molecule has 0 bridgehead atoms. The fourth-order valence-corrected chi connectivity index (χ4v) is 2.73. The minimum absolute atomic E-state index is 0.0851. The molecule has 0 spiro atoms. The van der Waals surface area contributed by atoms with Crippen LogP contribution in [0, 0.1) is 5.82 Å². The molecule has 1 nitrogen and oxygen atoms in total. The third-order valence-corrected chi connectivity index (χ3v) is 3.84. The van der Waals surface area contributed by atoms with Crippen LogP contribution < -0.4 is 0 Å². The van der Waals surface area contributed by atoms with Crippen molar-refractivity contribution in [3.05, 3.63) is 58.9 Å². The van der Waals surface area contributed by atoms with E-state index in [0.29, 0.717) is 5.02 Å². The summed E-state index contributed by atoms with van der Waals surface area (Å²) < 4.78 is 13.1. The highest BCUT2D eigenvalue weighted by atomic mass is 35.5. The van der Waals surface area contributed by atoms with Crippen LogP contribution >= 0.6 is 23.4 Å². The smallest absolute Gasteiger partial charge is 0.124 e. The predicted octanol–water partition coefficient (Wildman–Crippen LogP) is 4.12. The van der Waals surface area contributed by atoms with Gasteiger partial charge >= 0.3 is 0 Å². The molecule has 2 aromatic carbocycles. The standard InChI is InChI=1S/C13H10ClFOS/c14-12-6-1-3-9(8-16)13(12)17-11-5-2-4-10(15)7-11/h1-7,16H,8H2. The van der Waals surface area contributed by atoms with E-state index in [1.807, 2.05) is 0 Å².